The second-order valence-electron chi connectivity index (χ2n) is 34.6. The summed E-state index contributed by atoms with van der Waals surface area (Å²) in [4.78, 5) is 104. The van der Waals surface area contributed by atoms with Crippen LogP contribution in [0.1, 0.15) is 192 Å². The minimum absolute atomic E-state index is 0.00853. The van der Waals surface area contributed by atoms with Gasteiger partial charge in [0, 0.05) is 55.4 Å². The van der Waals surface area contributed by atoms with Gasteiger partial charge in [-0.05, 0) is 286 Å². The van der Waals surface area contributed by atoms with E-state index in [4.69, 9.17) is 9.47 Å². The van der Waals surface area contributed by atoms with Crippen molar-refractivity contribution in [3.8, 4) is 11.5 Å². The third kappa shape index (κ3) is 21.4. The monoisotopic (exact) mass is 1620 g/mol. The number of benzene rings is 10. The van der Waals surface area contributed by atoms with E-state index in [1.54, 1.807) is 42.5 Å². The van der Waals surface area contributed by atoms with Crippen LogP contribution in [0.2, 0.25) is 0 Å². The van der Waals surface area contributed by atoms with Crippen molar-refractivity contribution in [2.24, 2.45) is 29.1 Å². The number of carbonyl (C=O) groups is 8. The molecule has 0 N–H and O–H groups in total. The van der Waals surface area contributed by atoms with Crippen LogP contribution in [0.5, 0.6) is 11.5 Å². The molecular formula is C104H108F2O12S. The number of Topliss-reactive ketones (excluding diaryl/α,β-unsaturated/α-hetero) is 7. The Morgan fingerprint density at radius 3 is 1.15 bits per heavy atom. The maximum Gasteiger partial charge on any atom is 0.316 e. The lowest BCUT2D eigenvalue weighted by molar-refractivity contribution is -0.148. The number of esters is 1. The number of sulfone groups is 1. The van der Waals surface area contributed by atoms with Gasteiger partial charge in [-0.15, -0.1) is 0 Å². The second kappa shape index (κ2) is 37.3. The highest BCUT2D eigenvalue weighted by Crippen LogP contribution is 2.44. The first kappa shape index (κ1) is 88.5. The Balaban J connectivity index is 0.000000157. The molecule has 616 valence electrons. The Bertz CT molecular complexity index is 5490. The van der Waals surface area contributed by atoms with Gasteiger partial charge >= 0.3 is 5.97 Å². The first-order valence-corrected chi connectivity index (χ1v) is 42.6. The SMILES string of the molecule is Cc1cc(C)c(C2=C(OC(=O)C(C)(C)C)CC(Cc3cccc(Oc4ccccc4)c3)C2=O)c(C)c1.Cc1cc(C)c(C2C(=O)CC(Cc3cc(F)cc(F)c3)C2=O)c(C)c1.Cc1cc(C)c(C2C(=O)CC(Cc3ccc(CS(=O)(=O)c4ccccc4)cc3)C2=O)c(C)c1.Cc1cc(C)cc(CC2CC(=O)C(c3c(C)cc(C)cc3C)C2=O)c1. The lowest BCUT2D eigenvalue weighted by Crippen LogP contribution is -2.22. The van der Waals surface area contributed by atoms with Gasteiger partial charge in [0.1, 0.15) is 64.0 Å². The van der Waals surface area contributed by atoms with E-state index in [1.165, 1.54) is 28.8 Å². The number of ether oxygens (including phenoxy) is 2. The third-order valence-corrected chi connectivity index (χ3v) is 24.7. The maximum absolute atomic E-state index is 13.8. The van der Waals surface area contributed by atoms with Gasteiger partial charge in [-0.3, -0.25) is 38.4 Å². The van der Waals surface area contributed by atoms with E-state index in [0.29, 0.717) is 59.5 Å². The van der Waals surface area contributed by atoms with Gasteiger partial charge in [-0.1, -0.05) is 173 Å². The van der Waals surface area contributed by atoms with Crippen LogP contribution >= 0.6 is 0 Å². The van der Waals surface area contributed by atoms with Crippen molar-refractivity contribution in [3.05, 3.63) is 339 Å². The zero-order valence-corrected chi connectivity index (χ0v) is 72.3. The van der Waals surface area contributed by atoms with Crippen LogP contribution in [0.3, 0.4) is 0 Å². The van der Waals surface area contributed by atoms with E-state index in [-0.39, 0.29) is 89.2 Å². The Hall–Kier alpha value is -11.3. The summed E-state index contributed by atoms with van der Waals surface area (Å²) in [5.41, 5.74) is 22.4. The minimum Gasteiger partial charge on any atom is -0.457 e. The van der Waals surface area contributed by atoms with Crippen molar-refractivity contribution in [1.29, 1.82) is 0 Å². The number of ketones is 7. The van der Waals surface area contributed by atoms with E-state index < -0.39 is 50.6 Å². The first-order chi connectivity index (χ1) is 56.2. The molecule has 0 spiro atoms. The highest BCUT2D eigenvalue weighted by molar-refractivity contribution is 7.90. The molecular weight excluding hydrogens is 1510 g/mol. The first-order valence-electron chi connectivity index (χ1n) is 40.9. The summed E-state index contributed by atoms with van der Waals surface area (Å²) < 4.78 is 63.9. The van der Waals surface area contributed by atoms with Gasteiger partial charge in [0.05, 0.1) is 21.6 Å². The van der Waals surface area contributed by atoms with Gasteiger partial charge in [-0.25, -0.2) is 17.2 Å². The molecule has 0 radical (unpaired) electrons. The number of rotatable bonds is 18. The predicted octanol–water partition coefficient (Wildman–Crippen LogP) is 21.7. The van der Waals surface area contributed by atoms with Crippen molar-refractivity contribution < 1.29 is 65.0 Å². The van der Waals surface area contributed by atoms with Crippen molar-refractivity contribution in [2.75, 3.05) is 0 Å². The van der Waals surface area contributed by atoms with Crippen molar-refractivity contribution in [3.63, 3.8) is 0 Å². The fourth-order valence-electron chi connectivity index (χ4n) is 18.2. The number of halogens is 2. The van der Waals surface area contributed by atoms with Gasteiger partial charge in [0.2, 0.25) is 0 Å². The van der Waals surface area contributed by atoms with E-state index in [9.17, 15) is 55.6 Å². The second-order valence-corrected chi connectivity index (χ2v) is 36.6. The molecule has 0 aliphatic heterocycles. The molecule has 0 aromatic heterocycles. The molecule has 3 saturated carbocycles. The largest absolute Gasteiger partial charge is 0.457 e. The zero-order valence-electron chi connectivity index (χ0n) is 71.4. The average Bonchev–Trinajstić information content (AvgIpc) is 1.48. The molecule has 0 heterocycles. The van der Waals surface area contributed by atoms with Crippen LogP contribution in [0.15, 0.2) is 205 Å². The smallest absolute Gasteiger partial charge is 0.316 e. The predicted molar refractivity (Wildman–Crippen MR) is 465 cm³/mol. The highest BCUT2D eigenvalue weighted by Gasteiger charge is 2.46. The van der Waals surface area contributed by atoms with Crippen LogP contribution in [0.25, 0.3) is 5.57 Å². The fraction of sp³-hybridized carbons (Fsp3) is 0.327. The summed E-state index contributed by atoms with van der Waals surface area (Å²) in [6, 6.07) is 59.1. The highest BCUT2D eigenvalue weighted by atomic mass is 32.2. The Labute approximate surface area is 700 Å². The Morgan fingerprint density at radius 1 is 0.370 bits per heavy atom. The molecule has 14 rings (SSSR count). The van der Waals surface area contributed by atoms with E-state index in [2.05, 4.69) is 56.3 Å². The molecule has 10 aromatic rings. The molecule has 12 nitrogen and oxygen atoms in total. The molecule has 4 aliphatic rings. The molecule has 15 heteroatoms. The van der Waals surface area contributed by atoms with Crippen LogP contribution < -0.4 is 4.74 Å². The van der Waals surface area contributed by atoms with Gasteiger partial charge in [-0.2, -0.15) is 0 Å². The van der Waals surface area contributed by atoms with Gasteiger partial charge in [0.15, 0.2) is 33.0 Å². The van der Waals surface area contributed by atoms with Crippen molar-refractivity contribution >= 4 is 61.9 Å². The minimum atomic E-state index is -3.41. The quantitative estimate of drug-likeness (QED) is 0.0585. The average molecular weight is 1620 g/mol. The topological polar surface area (TPSA) is 189 Å². The molecule has 4 aliphatic carbocycles. The number of hydrogen-bond donors (Lipinski definition) is 0. The maximum atomic E-state index is 13.8. The number of para-hydroxylation sites is 1. The van der Waals surface area contributed by atoms with Crippen LogP contribution in [-0.2, 0) is 84.4 Å². The molecule has 3 fully saturated rings. The van der Waals surface area contributed by atoms with Gasteiger partial charge in [0.25, 0.3) is 0 Å². The lowest BCUT2D eigenvalue weighted by atomic mass is 9.86. The summed E-state index contributed by atoms with van der Waals surface area (Å²) in [6.45, 7) is 33.5. The molecule has 10 aromatic carbocycles. The number of allylic oxidation sites excluding steroid dienone is 2. The molecule has 119 heavy (non-hydrogen) atoms. The summed E-state index contributed by atoms with van der Waals surface area (Å²) in [7, 11) is -3.41. The Kier molecular flexibility index (Phi) is 27.8. The molecule has 0 bridgehead atoms. The van der Waals surface area contributed by atoms with Crippen LogP contribution in [0, 0.1) is 138 Å². The lowest BCUT2D eigenvalue weighted by Gasteiger charge is -2.18. The summed E-state index contributed by atoms with van der Waals surface area (Å²) in [6.07, 6.45) is 2.99. The molecule has 7 atom stereocenters. The van der Waals surface area contributed by atoms with Crippen molar-refractivity contribution in [2.45, 2.75) is 197 Å². The number of aryl methyl sites for hydroxylation is 14. The van der Waals surface area contributed by atoms with Crippen molar-refractivity contribution in [1.82, 2.24) is 0 Å². The fourth-order valence-corrected chi connectivity index (χ4v) is 19.5. The molecule has 0 saturated heterocycles. The standard InChI is InChI=1S/C32H34O4.C28H28O4S.C23H26O2.C21H20F2O2/c1-20-15-21(2)28(22(3)16-20)29-27(36-31(34)32(4,5)6)19-24(30(29)33)17-23-11-10-14-26(18-23)35-25-12-8-7-9-13-25;1-18-13-19(2)26(20(3)14-18)27-25(29)16-23(28(27)30)15-21-9-11-22(12-10-21)17-33(31,32)24-7-5-4-6-8-24;1-13-6-14(2)10-18(9-13)11-19-12-20(24)22(23(19)25)21-16(4)7-15(3)8-17(21)5;1-11-4-12(2)19(13(3)5-11)20-18(24)9-15(21(20)25)6-14-7-16(22)10-17(23)8-14/h7-16,18,24H,17,19H2,1-6H3;4-14,23,27H,15-17H2,1-3H3;6-10,19,22H,11-12H2,1-5H3;4-5,7-8,10,15,20H,6,9H2,1-3H3. The number of hydrogen-bond acceptors (Lipinski definition) is 12. The van der Waals surface area contributed by atoms with Gasteiger partial charge < -0.3 is 9.47 Å². The summed E-state index contributed by atoms with van der Waals surface area (Å²) in [5, 5.41) is 0. The molecule has 7 unspecified atom stereocenters. The summed E-state index contributed by atoms with van der Waals surface area (Å²) >= 11 is 0. The normalized spacial score (nSPS) is 18.5. The summed E-state index contributed by atoms with van der Waals surface area (Å²) in [5.74, 6) is -3.25. The third-order valence-electron chi connectivity index (χ3n) is 23.0. The van der Waals surface area contributed by atoms with Crippen LogP contribution in [0.4, 0.5) is 8.78 Å². The van der Waals surface area contributed by atoms with E-state index in [0.717, 1.165) is 118 Å². The zero-order chi connectivity index (χ0) is 86.4. The van der Waals surface area contributed by atoms with E-state index in [1.807, 2.05) is 195 Å². The van der Waals surface area contributed by atoms with Crippen LogP contribution in [-0.4, -0.2) is 54.9 Å². The number of carbonyl (C=O) groups excluding carboxylic acids is 8. The Morgan fingerprint density at radius 2 is 0.731 bits per heavy atom. The molecule has 0 amide bonds. The van der Waals surface area contributed by atoms with E-state index >= 15 is 0 Å².